The molecule has 1 aliphatic rings. The third kappa shape index (κ3) is 4.28. The van der Waals surface area contributed by atoms with Crippen LogP contribution in [0.2, 0.25) is 0 Å². The molecule has 0 aliphatic carbocycles. The highest BCUT2D eigenvalue weighted by molar-refractivity contribution is 9.10. The first-order valence-corrected chi connectivity index (χ1v) is 9.00. The number of halogens is 1. The van der Waals surface area contributed by atoms with Crippen molar-refractivity contribution in [3.63, 3.8) is 0 Å². The molecule has 1 heterocycles. The van der Waals surface area contributed by atoms with Gasteiger partial charge in [-0.1, -0.05) is 22.9 Å². The Kier molecular flexibility index (Phi) is 5.23. The van der Waals surface area contributed by atoms with E-state index in [4.69, 9.17) is 9.47 Å². The summed E-state index contributed by atoms with van der Waals surface area (Å²) in [5.41, 5.74) is 0.0213. The summed E-state index contributed by atoms with van der Waals surface area (Å²) in [6.45, 7) is 4.01. The molecule has 6 heteroatoms. The molecule has 0 aromatic heterocycles. The standard InChI is InChI=1S/C14H19BrO4S/c1-14(6-8-18-9-7-14)10-19-11-20(16,17)13-4-2-12(15)3-5-13/h2-5H,6-11H2,1H3. The molecule has 0 atom stereocenters. The molecule has 0 radical (unpaired) electrons. The lowest BCUT2D eigenvalue weighted by Gasteiger charge is -2.32. The molecule has 0 unspecified atom stereocenters. The molecule has 0 bridgehead atoms. The van der Waals surface area contributed by atoms with Crippen molar-refractivity contribution >= 4 is 25.8 Å². The van der Waals surface area contributed by atoms with Gasteiger partial charge in [0.1, 0.15) is 0 Å². The highest BCUT2D eigenvalue weighted by Crippen LogP contribution is 2.30. The fourth-order valence-electron chi connectivity index (χ4n) is 2.12. The van der Waals surface area contributed by atoms with Crippen molar-refractivity contribution in [2.24, 2.45) is 5.41 Å². The van der Waals surface area contributed by atoms with Crippen LogP contribution in [0.4, 0.5) is 0 Å². The van der Waals surface area contributed by atoms with Gasteiger partial charge in [0.25, 0.3) is 0 Å². The summed E-state index contributed by atoms with van der Waals surface area (Å²) >= 11 is 3.29. The first-order valence-electron chi connectivity index (χ1n) is 6.55. The van der Waals surface area contributed by atoms with Crippen LogP contribution in [0.5, 0.6) is 0 Å². The van der Waals surface area contributed by atoms with Gasteiger partial charge in [0.15, 0.2) is 5.94 Å². The Morgan fingerprint density at radius 3 is 2.45 bits per heavy atom. The Morgan fingerprint density at radius 1 is 1.25 bits per heavy atom. The maximum absolute atomic E-state index is 12.1. The third-order valence-corrected chi connectivity index (χ3v) is 5.56. The molecule has 112 valence electrons. The van der Waals surface area contributed by atoms with Crippen LogP contribution in [0.1, 0.15) is 19.8 Å². The van der Waals surface area contributed by atoms with Crippen LogP contribution in [0, 0.1) is 5.41 Å². The van der Waals surface area contributed by atoms with E-state index in [1.54, 1.807) is 24.3 Å². The molecule has 20 heavy (non-hydrogen) atoms. The number of benzene rings is 1. The fourth-order valence-corrected chi connectivity index (χ4v) is 3.37. The third-order valence-electron chi connectivity index (χ3n) is 3.56. The molecule has 0 N–H and O–H groups in total. The van der Waals surface area contributed by atoms with Gasteiger partial charge in [0, 0.05) is 17.7 Å². The van der Waals surface area contributed by atoms with Crippen molar-refractivity contribution in [3.8, 4) is 0 Å². The summed E-state index contributed by atoms with van der Waals surface area (Å²) in [5.74, 6) is -0.273. The van der Waals surface area contributed by atoms with Crippen molar-refractivity contribution in [2.75, 3.05) is 25.8 Å². The summed E-state index contributed by atoms with van der Waals surface area (Å²) in [6.07, 6.45) is 1.82. The average molecular weight is 363 g/mol. The lowest BCUT2D eigenvalue weighted by molar-refractivity contribution is -0.0210. The first-order chi connectivity index (χ1) is 9.41. The summed E-state index contributed by atoms with van der Waals surface area (Å²) in [7, 11) is -3.38. The van der Waals surface area contributed by atoms with Crippen LogP contribution in [0.15, 0.2) is 33.6 Å². The SMILES string of the molecule is CC1(COCS(=O)(=O)c2ccc(Br)cc2)CCOCC1. The van der Waals surface area contributed by atoms with Gasteiger partial charge in [-0.25, -0.2) is 8.42 Å². The number of ether oxygens (including phenoxy) is 2. The molecule has 1 aromatic carbocycles. The minimum atomic E-state index is -3.38. The van der Waals surface area contributed by atoms with Crippen LogP contribution >= 0.6 is 15.9 Å². The Bertz CT molecular complexity index is 533. The van der Waals surface area contributed by atoms with Crippen molar-refractivity contribution < 1.29 is 17.9 Å². The topological polar surface area (TPSA) is 52.6 Å². The van der Waals surface area contributed by atoms with Crippen LogP contribution in [-0.2, 0) is 19.3 Å². The summed E-state index contributed by atoms with van der Waals surface area (Å²) in [5, 5.41) is 0. The number of hydrogen-bond acceptors (Lipinski definition) is 4. The molecule has 1 aliphatic heterocycles. The van der Waals surface area contributed by atoms with Crippen molar-refractivity contribution in [1.82, 2.24) is 0 Å². The Labute approximate surface area is 128 Å². The van der Waals surface area contributed by atoms with E-state index >= 15 is 0 Å². The van der Waals surface area contributed by atoms with Crippen LogP contribution in [0.25, 0.3) is 0 Å². The maximum atomic E-state index is 12.1. The minimum Gasteiger partial charge on any atom is -0.381 e. The molecule has 0 amide bonds. The van der Waals surface area contributed by atoms with Crippen LogP contribution in [0.3, 0.4) is 0 Å². The Hall–Kier alpha value is -0.430. The van der Waals surface area contributed by atoms with Gasteiger partial charge in [0.2, 0.25) is 9.84 Å². The maximum Gasteiger partial charge on any atom is 0.202 e. The zero-order chi connectivity index (χ0) is 14.6. The highest BCUT2D eigenvalue weighted by atomic mass is 79.9. The molecule has 1 aromatic rings. The average Bonchev–Trinajstić information content (AvgIpc) is 2.39. The second kappa shape index (κ2) is 6.56. The van der Waals surface area contributed by atoms with Crippen molar-refractivity contribution in [3.05, 3.63) is 28.7 Å². The number of rotatable bonds is 5. The van der Waals surface area contributed by atoms with E-state index < -0.39 is 9.84 Å². The van der Waals surface area contributed by atoms with E-state index in [-0.39, 0.29) is 16.2 Å². The molecular formula is C14H19BrO4S. The number of sulfone groups is 1. The van der Waals surface area contributed by atoms with Gasteiger partial charge in [-0.05, 0) is 42.5 Å². The summed E-state index contributed by atoms with van der Waals surface area (Å²) < 4.78 is 35.9. The second-order valence-electron chi connectivity index (χ2n) is 5.46. The van der Waals surface area contributed by atoms with E-state index in [0.717, 1.165) is 30.5 Å². The van der Waals surface area contributed by atoms with Gasteiger partial charge < -0.3 is 9.47 Å². The van der Waals surface area contributed by atoms with Crippen molar-refractivity contribution in [2.45, 2.75) is 24.7 Å². The van der Waals surface area contributed by atoms with Gasteiger partial charge in [0.05, 0.1) is 11.5 Å². The monoisotopic (exact) mass is 362 g/mol. The molecule has 1 saturated heterocycles. The molecule has 4 nitrogen and oxygen atoms in total. The second-order valence-corrected chi connectivity index (χ2v) is 8.31. The zero-order valence-electron chi connectivity index (χ0n) is 11.5. The van der Waals surface area contributed by atoms with Crippen molar-refractivity contribution in [1.29, 1.82) is 0 Å². The quantitative estimate of drug-likeness (QED) is 0.807. The highest BCUT2D eigenvalue weighted by Gasteiger charge is 2.28. The largest absolute Gasteiger partial charge is 0.381 e. The Balaban J connectivity index is 1.91. The predicted molar refractivity (Wildman–Crippen MR) is 80.3 cm³/mol. The fraction of sp³-hybridized carbons (Fsp3) is 0.571. The Morgan fingerprint density at radius 2 is 1.85 bits per heavy atom. The number of hydrogen-bond donors (Lipinski definition) is 0. The minimum absolute atomic E-state index is 0.0213. The smallest absolute Gasteiger partial charge is 0.202 e. The summed E-state index contributed by atoms with van der Waals surface area (Å²) in [6, 6.07) is 6.59. The lowest BCUT2D eigenvalue weighted by atomic mass is 9.83. The van der Waals surface area contributed by atoms with E-state index in [2.05, 4.69) is 22.9 Å². The first kappa shape index (κ1) is 15.9. The van der Waals surface area contributed by atoms with Gasteiger partial charge in [-0.2, -0.15) is 0 Å². The van der Waals surface area contributed by atoms with Crippen LogP contribution < -0.4 is 0 Å². The predicted octanol–water partition coefficient (Wildman–Crippen LogP) is 3.01. The molecular weight excluding hydrogens is 344 g/mol. The van der Waals surface area contributed by atoms with Gasteiger partial charge >= 0.3 is 0 Å². The molecule has 0 saturated carbocycles. The molecule has 0 spiro atoms. The molecule has 2 rings (SSSR count). The molecule has 1 fully saturated rings. The lowest BCUT2D eigenvalue weighted by Crippen LogP contribution is -2.31. The summed E-state index contributed by atoms with van der Waals surface area (Å²) in [4.78, 5) is 0.290. The van der Waals surface area contributed by atoms with Gasteiger partial charge in [-0.15, -0.1) is 0 Å². The van der Waals surface area contributed by atoms with E-state index in [9.17, 15) is 8.42 Å². The van der Waals surface area contributed by atoms with Gasteiger partial charge in [-0.3, -0.25) is 0 Å². The zero-order valence-corrected chi connectivity index (χ0v) is 13.9. The van der Waals surface area contributed by atoms with E-state index in [0.29, 0.717) is 6.61 Å². The van der Waals surface area contributed by atoms with E-state index in [1.807, 2.05) is 0 Å². The van der Waals surface area contributed by atoms with Crippen LogP contribution in [-0.4, -0.2) is 34.2 Å². The normalized spacial score (nSPS) is 18.9. The van der Waals surface area contributed by atoms with E-state index in [1.165, 1.54) is 0 Å².